The molecule has 1 saturated carbocycles. The number of nitrogens with two attached hydrogens (primary N) is 1. The summed E-state index contributed by atoms with van der Waals surface area (Å²) < 4.78 is 5.08. The van der Waals surface area contributed by atoms with Gasteiger partial charge in [-0.25, -0.2) is 4.98 Å². The second-order valence-corrected chi connectivity index (χ2v) is 5.08. The van der Waals surface area contributed by atoms with Crippen LogP contribution in [-0.2, 0) is 6.54 Å². The maximum Gasteiger partial charge on any atom is 0.213 e. The number of rotatable bonds is 7. The Morgan fingerprint density at radius 2 is 2.42 bits per heavy atom. The zero-order valence-electron chi connectivity index (χ0n) is 11.1. The van der Waals surface area contributed by atoms with Gasteiger partial charge in [0, 0.05) is 31.8 Å². The third-order valence-electron chi connectivity index (χ3n) is 3.48. The maximum absolute atomic E-state index is 8.61. The normalized spacial score (nSPS) is 17.2. The first-order valence-corrected chi connectivity index (χ1v) is 6.33. The molecule has 2 rings (SSSR count). The molecule has 0 atom stereocenters. The molecule has 0 amide bonds. The highest BCUT2D eigenvalue weighted by Gasteiger charge is 2.42. The number of nitrogens with one attached hydrogen (secondary N) is 1. The molecule has 1 fully saturated rings. The molecule has 1 aromatic rings. The van der Waals surface area contributed by atoms with Crippen LogP contribution in [-0.4, -0.2) is 29.7 Å². The lowest BCUT2D eigenvalue weighted by Crippen LogP contribution is -2.28. The fourth-order valence-electron chi connectivity index (χ4n) is 2.16. The van der Waals surface area contributed by atoms with E-state index in [4.69, 9.17) is 15.7 Å². The molecule has 6 nitrogen and oxygen atoms in total. The Morgan fingerprint density at radius 3 is 3.05 bits per heavy atom. The van der Waals surface area contributed by atoms with E-state index in [1.165, 1.54) is 0 Å². The molecule has 0 radical (unpaired) electrons. The molecule has 0 aliphatic heterocycles. The first kappa shape index (κ1) is 13.6. The lowest BCUT2D eigenvalue weighted by atomic mass is 10.0. The molecule has 1 aliphatic rings. The van der Waals surface area contributed by atoms with Crippen LogP contribution in [0.4, 0.5) is 0 Å². The SMILES string of the molecule is COc1cc(CNCC2(CC(N)=NO)CC2)ccn1. The smallest absolute Gasteiger partial charge is 0.213 e. The summed E-state index contributed by atoms with van der Waals surface area (Å²) in [6, 6.07) is 3.87. The van der Waals surface area contributed by atoms with Crippen LogP contribution in [0.15, 0.2) is 23.5 Å². The molecule has 0 unspecified atom stereocenters. The van der Waals surface area contributed by atoms with Crippen molar-refractivity contribution >= 4 is 5.84 Å². The van der Waals surface area contributed by atoms with Crippen molar-refractivity contribution < 1.29 is 9.94 Å². The molecule has 4 N–H and O–H groups in total. The number of oxime groups is 1. The second kappa shape index (κ2) is 5.88. The van der Waals surface area contributed by atoms with Crippen molar-refractivity contribution in [1.29, 1.82) is 0 Å². The molecule has 104 valence electrons. The largest absolute Gasteiger partial charge is 0.481 e. The molecular weight excluding hydrogens is 244 g/mol. The van der Waals surface area contributed by atoms with Gasteiger partial charge in [0.1, 0.15) is 5.84 Å². The number of nitrogens with zero attached hydrogens (tertiary/aromatic N) is 2. The van der Waals surface area contributed by atoms with Crippen molar-refractivity contribution in [2.24, 2.45) is 16.3 Å². The zero-order valence-corrected chi connectivity index (χ0v) is 11.1. The van der Waals surface area contributed by atoms with Crippen LogP contribution < -0.4 is 15.8 Å². The lowest BCUT2D eigenvalue weighted by Gasteiger charge is -2.15. The van der Waals surface area contributed by atoms with Crippen LogP contribution in [0.3, 0.4) is 0 Å². The summed E-state index contributed by atoms with van der Waals surface area (Å²) in [5.41, 5.74) is 6.87. The number of methoxy groups -OCH3 is 1. The van der Waals surface area contributed by atoms with Crippen LogP contribution in [0.1, 0.15) is 24.8 Å². The average molecular weight is 264 g/mol. The van der Waals surface area contributed by atoms with Gasteiger partial charge in [0.15, 0.2) is 0 Å². The van der Waals surface area contributed by atoms with Crippen LogP contribution in [0.2, 0.25) is 0 Å². The number of aromatic nitrogens is 1. The van der Waals surface area contributed by atoms with Gasteiger partial charge in [-0.3, -0.25) is 0 Å². The summed E-state index contributed by atoms with van der Waals surface area (Å²) in [7, 11) is 1.61. The second-order valence-electron chi connectivity index (χ2n) is 5.08. The van der Waals surface area contributed by atoms with E-state index in [1.807, 2.05) is 12.1 Å². The molecule has 0 aromatic carbocycles. The highest BCUT2D eigenvalue weighted by atomic mass is 16.5. The Balaban J connectivity index is 1.80. The van der Waals surface area contributed by atoms with Crippen molar-refractivity contribution in [3.63, 3.8) is 0 Å². The van der Waals surface area contributed by atoms with E-state index in [0.717, 1.165) is 31.5 Å². The topological polar surface area (TPSA) is 92.8 Å². The molecule has 19 heavy (non-hydrogen) atoms. The Morgan fingerprint density at radius 1 is 1.63 bits per heavy atom. The van der Waals surface area contributed by atoms with Gasteiger partial charge in [-0.1, -0.05) is 5.16 Å². The summed E-state index contributed by atoms with van der Waals surface area (Å²) in [6.07, 6.45) is 4.63. The number of hydrogen-bond donors (Lipinski definition) is 3. The summed E-state index contributed by atoms with van der Waals surface area (Å²) >= 11 is 0. The van der Waals surface area contributed by atoms with Gasteiger partial charge < -0.3 is 21.0 Å². The molecule has 1 aliphatic carbocycles. The predicted molar refractivity (Wildman–Crippen MR) is 72.2 cm³/mol. The zero-order chi connectivity index (χ0) is 13.7. The van der Waals surface area contributed by atoms with Crippen molar-refractivity contribution in [2.45, 2.75) is 25.8 Å². The van der Waals surface area contributed by atoms with E-state index in [0.29, 0.717) is 18.1 Å². The molecule has 1 aromatic heterocycles. The standard InChI is InChI=1S/C13H20N4O2/c1-19-12-6-10(2-5-16-12)8-15-9-13(3-4-13)7-11(14)17-18/h2,5-6,15,18H,3-4,7-9H2,1H3,(H2,14,17). The van der Waals surface area contributed by atoms with E-state index in [-0.39, 0.29) is 5.41 Å². The number of amidine groups is 1. The number of hydrogen-bond acceptors (Lipinski definition) is 5. The van der Waals surface area contributed by atoms with E-state index < -0.39 is 0 Å². The predicted octanol–water partition coefficient (Wildman–Crippen LogP) is 1.10. The first-order valence-electron chi connectivity index (χ1n) is 6.33. The third kappa shape index (κ3) is 3.82. The number of pyridine rings is 1. The van der Waals surface area contributed by atoms with E-state index in [9.17, 15) is 0 Å². The van der Waals surface area contributed by atoms with Crippen LogP contribution in [0.25, 0.3) is 0 Å². The monoisotopic (exact) mass is 264 g/mol. The molecule has 0 spiro atoms. The Hall–Kier alpha value is -1.82. The molecule has 6 heteroatoms. The van der Waals surface area contributed by atoms with Crippen LogP contribution in [0.5, 0.6) is 5.88 Å². The van der Waals surface area contributed by atoms with Crippen molar-refractivity contribution in [3.8, 4) is 5.88 Å². The summed E-state index contributed by atoms with van der Waals surface area (Å²) in [5.74, 6) is 0.932. The number of ether oxygens (including phenoxy) is 1. The summed E-state index contributed by atoms with van der Waals surface area (Å²) in [4.78, 5) is 4.07. The minimum absolute atomic E-state index is 0.174. The Labute approximate surface area is 112 Å². The molecular formula is C13H20N4O2. The van der Waals surface area contributed by atoms with Gasteiger partial charge in [0.25, 0.3) is 0 Å². The highest BCUT2D eigenvalue weighted by Crippen LogP contribution is 2.48. The van der Waals surface area contributed by atoms with E-state index in [1.54, 1.807) is 13.3 Å². The van der Waals surface area contributed by atoms with Gasteiger partial charge in [0.05, 0.1) is 7.11 Å². The fourth-order valence-corrected chi connectivity index (χ4v) is 2.16. The van der Waals surface area contributed by atoms with Crippen molar-refractivity contribution in [3.05, 3.63) is 23.9 Å². The third-order valence-corrected chi connectivity index (χ3v) is 3.48. The highest BCUT2D eigenvalue weighted by molar-refractivity contribution is 5.80. The minimum atomic E-state index is 0.174. The van der Waals surface area contributed by atoms with E-state index >= 15 is 0 Å². The van der Waals surface area contributed by atoms with Crippen LogP contribution in [0, 0.1) is 5.41 Å². The van der Waals surface area contributed by atoms with Gasteiger partial charge in [0.2, 0.25) is 5.88 Å². The maximum atomic E-state index is 8.61. The summed E-state index contributed by atoms with van der Waals surface area (Å²) in [5, 5.41) is 15.1. The first-order chi connectivity index (χ1) is 9.17. The minimum Gasteiger partial charge on any atom is -0.481 e. The fraction of sp³-hybridized carbons (Fsp3) is 0.538. The van der Waals surface area contributed by atoms with Gasteiger partial charge in [-0.15, -0.1) is 0 Å². The van der Waals surface area contributed by atoms with Gasteiger partial charge in [-0.05, 0) is 29.9 Å². The van der Waals surface area contributed by atoms with Crippen molar-refractivity contribution in [1.82, 2.24) is 10.3 Å². The summed E-state index contributed by atoms with van der Waals surface area (Å²) in [6.45, 7) is 1.63. The molecule has 0 saturated heterocycles. The van der Waals surface area contributed by atoms with Gasteiger partial charge >= 0.3 is 0 Å². The Kier molecular flexibility index (Phi) is 4.21. The van der Waals surface area contributed by atoms with Gasteiger partial charge in [-0.2, -0.15) is 0 Å². The van der Waals surface area contributed by atoms with Crippen molar-refractivity contribution in [2.75, 3.05) is 13.7 Å². The Bertz CT molecular complexity index is 458. The molecule has 0 bridgehead atoms. The van der Waals surface area contributed by atoms with E-state index in [2.05, 4.69) is 15.5 Å². The molecule has 1 heterocycles. The average Bonchev–Trinajstić information content (AvgIpc) is 3.18. The van der Waals surface area contributed by atoms with Crippen LogP contribution >= 0.6 is 0 Å². The quantitative estimate of drug-likeness (QED) is 0.297. The lowest BCUT2D eigenvalue weighted by molar-refractivity contribution is 0.314.